The molecule has 19 heavy (non-hydrogen) atoms. The number of para-hydroxylation sites is 1. The van der Waals surface area contributed by atoms with Gasteiger partial charge in [0.25, 0.3) is 5.56 Å². The predicted molar refractivity (Wildman–Crippen MR) is 74.8 cm³/mol. The quantitative estimate of drug-likeness (QED) is 0.831. The van der Waals surface area contributed by atoms with Crippen molar-refractivity contribution >= 4 is 10.9 Å². The monoisotopic (exact) mass is 258 g/mol. The lowest BCUT2D eigenvalue weighted by molar-refractivity contribution is 0.310. The predicted octanol–water partition coefficient (Wildman–Crippen LogP) is 0.702. The highest BCUT2D eigenvalue weighted by Gasteiger charge is 2.26. The van der Waals surface area contributed by atoms with Crippen LogP contribution in [0.5, 0.6) is 0 Å². The number of hydrogen-bond acceptors (Lipinski definition) is 4. The summed E-state index contributed by atoms with van der Waals surface area (Å²) in [5.74, 6) is 1.21. The second kappa shape index (κ2) is 4.75. The van der Waals surface area contributed by atoms with Crippen molar-refractivity contribution in [2.24, 2.45) is 11.7 Å². The van der Waals surface area contributed by atoms with E-state index in [0.717, 1.165) is 18.6 Å². The molecule has 5 nitrogen and oxygen atoms in total. The normalized spacial score (nSPS) is 24.1. The minimum atomic E-state index is -0.0721. The molecular weight excluding hydrogens is 240 g/mol. The van der Waals surface area contributed by atoms with E-state index in [9.17, 15) is 4.79 Å². The summed E-state index contributed by atoms with van der Waals surface area (Å²) in [5.41, 5.74) is 6.68. The number of fused-ring (bicyclic) bond motifs is 1. The Morgan fingerprint density at radius 2 is 2.21 bits per heavy atom. The molecule has 3 N–H and O–H groups in total. The van der Waals surface area contributed by atoms with E-state index < -0.39 is 0 Å². The molecule has 2 heterocycles. The maximum Gasteiger partial charge on any atom is 0.258 e. The minimum Gasteiger partial charge on any atom is -0.326 e. The fourth-order valence-electron chi connectivity index (χ4n) is 2.65. The molecule has 3 rings (SSSR count). The van der Waals surface area contributed by atoms with Crippen molar-refractivity contribution < 1.29 is 0 Å². The van der Waals surface area contributed by atoms with Gasteiger partial charge in [0.15, 0.2) is 0 Å². The lowest BCUT2D eigenvalue weighted by atomic mass is 10.1. The van der Waals surface area contributed by atoms with Crippen LogP contribution in [-0.2, 0) is 6.54 Å². The first kappa shape index (κ1) is 12.3. The zero-order valence-electron chi connectivity index (χ0n) is 11.0. The molecule has 1 aliphatic heterocycles. The number of nitrogens with zero attached hydrogens (tertiary/aromatic N) is 2. The molecule has 100 valence electrons. The Balaban J connectivity index is 1.88. The highest BCUT2D eigenvalue weighted by atomic mass is 16.1. The molecule has 1 aliphatic rings. The van der Waals surface area contributed by atoms with Crippen LogP contribution in [-0.4, -0.2) is 34.0 Å². The minimum absolute atomic E-state index is 0.0721. The lowest BCUT2D eigenvalue weighted by Gasteiger charge is -2.14. The van der Waals surface area contributed by atoms with Gasteiger partial charge in [-0.2, -0.15) is 0 Å². The number of aromatic amines is 1. The fourth-order valence-corrected chi connectivity index (χ4v) is 2.65. The van der Waals surface area contributed by atoms with Gasteiger partial charge in [-0.05, 0) is 18.1 Å². The van der Waals surface area contributed by atoms with E-state index in [1.165, 1.54) is 0 Å². The van der Waals surface area contributed by atoms with Gasteiger partial charge in [0.2, 0.25) is 0 Å². The summed E-state index contributed by atoms with van der Waals surface area (Å²) >= 11 is 0. The summed E-state index contributed by atoms with van der Waals surface area (Å²) in [5, 5.41) is 0.637. The molecule has 0 spiro atoms. The Bertz CT molecular complexity index is 641. The number of H-pyrrole nitrogens is 1. The Hall–Kier alpha value is -1.72. The molecule has 0 bridgehead atoms. The van der Waals surface area contributed by atoms with E-state index in [-0.39, 0.29) is 11.6 Å². The first-order chi connectivity index (χ1) is 9.13. The zero-order valence-corrected chi connectivity index (χ0v) is 11.0. The molecule has 2 aromatic rings. The van der Waals surface area contributed by atoms with Gasteiger partial charge in [-0.3, -0.25) is 9.69 Å². The lowest BCUT2D eigenvalue weighted by Crippen LogP contribution is -2.29. The van der Waals surface area contributed by atoms with Crippen LogP contribution in [0, 0.1) is 5.92 Å². The molecule has 1 fully saturated rings. The number of benzene rings is 1. The van der Waals surface area contributed by atoms with Crippen LogP contribution in [0.25, 0.3) is 10.9 Å². The van der Waals surface area contributed by atoms with Crippen LogP contribution >= 0.6 is 0 Å². The van der Waals surface area contributed by atoms with E-state index in [0.29, 0.717) is 23.7 Å². The average Bonchev–Trinajstić information content (AvgIpc) is 2.68. The van der Waals surface area contributed by atoms with Gasteiger partial charge in [0, 0.05) is 19.1 Å². The molecule has 2 atom stereocenters. The van der Waals surface area contributed by atoms with Gasteiger partial charge >= 0.3 is 0 Å². The largest absolute Gasteiger partial charge is 0.326 e. The first-order valence-electron chi connectivity index (χ1n) is 6.59. The van der Waals surface area contributed by atoms with Crippen molar-refractivity contribution in [2.75, 3.05) is 13.1 Å². The first-order valence-corrected chi connectivity index (χ1v) is 6.59. The number of hydrogen-bond donors (Lipinski definition) is 2. The number of aromatic nitrogens is 2. The van der Waals surface area contributed by atoms with E-state index in [1.807, 2.05) is 18.2 Å². The highest BCUT2D eigenvalue weighted by Crippen LogP contribution is 2.16. The van der Waals surface area contributed by atoms with Gasteiger partial charge in [-0.1, -0.05) is 19.1 Å². The van der Waals surface area contributed by atoms with Gasteiger partial charge in [0.05, 0.1) is 17.4 Å². The molecular formula is C14H18N4O. The molecule has 1 aromatic carbocycles. The van der Waals surface area contributed by atoms with E-state index in [2.05, 4.69) is 21.8 Å². The Morgan fingerprint density at radius 3 is 2.95 bits per heavy atom. The molecule has 0 aliphatic carbocycles. The highest BCUT2D eigenvalue weighted by molar-refractivity contribution is 5.77. The summed E-state index contributed by atoms with van der Waals surface area (Å²) in [6.07, 6.45) is 0. The van der Waals surface area contributed by atoms with Crippen LogP contribution in [0.1, 0.15) is 12.7 Å². The maximum absolute atomic E-state index is 12.0. The van der Waals surface area contributed by atoms with Crippen molar-refractivity contribution in [1.29, 1.82) is 0 Å². The van der Waals surface area contributed by atoms with E-state index in [1.54, 1.807) is 6.07 Å². The van der Waals surface area contributed by atoms with Gasteiger partial charge in [0.1, 0.15) is 5.82 Å². The summed E-state index contributed by atoms with van der Waals surface area (Å²) < 4.78 is 0. The summed E-state index contributed by atoms with van der Waals surface area (Å²) in [7, 11) is 0. The van der Waals surface area contributed by atoms with Gasteiger partial charge in [-0.15, -0.1) is 0 Å². The van der Waals surface area contributed by atoms with Crippen LogP contribution < -0.4 is 11.3 Å². The third kappa shape index (κ3) is 2.39. The van der Waals surface area contributed by atoms with Crippen molar-refractivity contribution in [3.63, 3.8) is 0 Å². The van der Waals surface area contributed by atoms with Crippen molar-refractivity contribution in [2.45, 2.75) is 19.5 Å². The van der Waals surface area contributed by atoms with Crippen LogP contribution in [0.4, 0.5) is 0 Å². The van der Waals surface area contributed by atoms with Crippen molar-refractivity contribution in [1.82, 2.24) is 14.9 Å². The summed E-state index contributed by atoms with van der Waals surface area (Å²) in [6.45, 7) is 4.62. The molecule has 0 saturated carbocycles. The molecule has 2 unspecified atom stereocenters. The topological polar surface area (TPSA) is 75.0 Å². The van der Waals surface area contributed by atoms with Crippen molar-refractivity contribution in [3.8, 4) is 0 Å². The van der Waals surface area contributed by atoms with Crippen LogP contribution in [0.3, 0.4) is 0 Å². The number of rotatable bonds is 2. The SMILES string of the molecule is CC1CN(Cc2nc3ccccc3c(=O)[nH]2)CC1N. The molecule has 5 heteroatoms. The number of likely N-dealkylation sites (tertiary alicyclic amines) is 1. The van der Waals surface area contributed by atoms with Crippen LogP contribution in [0.2, 0.25) is 0 Å². The number of nitrogens with one attached hydrogen (secondary N) is 1. The van der Waals surface area contributed by atoms with E-state index in [4.69, 9.17) is 5.73 Å². The zero-order chi connectivity index (χ0) is 13.4. The third-order valence-corrected chi connectivity index (χ3v) is 3.78. The number of nitrogens with two attached hydrogens (primary N) is 1. The summed E-state index contributed by atoms with van der Waals surface area (Å²) in [6, 6.07) is 7.62. The fraction of sp³-hybridized carbons (Fsp3) is 0.429. The Kier molecular flexibility index (Phi) is 3.08. The average molecular weight is 258 g/mol. The second-order valence-electron chi connectivity index (χ2n) is 5.36. The third-order valence-electron chi connectivity index (χ3n) is 3.78. The maximum atomic E-state index is 12.0. The van der Waals surface area contributed by atoms with Crippen LogP contribution in [0.15, 0.2) is 29.1 Å². The standard InChI is InChI=1S/C14H18N4O/c1-9-6-18(7-11(9)15)8-13-16-12-5-3-2-4-10(12)14(19)17-13/h2-5,9,11H,6-8,15H2,1H3,(H,16,17,19). The van der Waals surface area contributed by atoms with Gasteiger partial charge < -0.3 is 10.7 Å². The van der Waals surface area contributed by atoms with E-state index >= 15 is 0 Å². The molecule has 1 saturated heterocycles. The van der Waals surface area contributed by atoms with Gasteiger partial charge in [-0.25, -0.2) is 4.98 Å². The Labute approximate surface area is 111 Å². The molecule has 1 aromatic heterocycles. The Morgan fingerprint density at radius 1 is 1.42 bits per heavy atom. The van der Waals surface area contributed by atoms with Crippen molar-refractivity contribution in [3.05, 3.63) is 40.4 Å². The molecule has 0 amide bonds. The molecule has 0 radical (unpaired) electrons. The smallest absolute Gasteiger partial charge is 0.258 e. The summed E-state index contributed by atoms with van der Waals surface area (Å²) in [4.78, 5) is 21.6. The second-order valence-corrected chi connectivity index (χ2v) is 5.36.